The number of aryl methyl sites for hydroxylation is 1. The van der Waals surface area contributed by atoms with Gasteiger partial charge in [0.05, 0.1) is 6.26 Å². The third-order valence-electron chi connectivity index (χ3n) is 4.05. The Bertz CT molecular complexity index is 777. The van der Waals surface area contributed by atoms with E-state index in [0.717, 1.165) is 50.6 Å². The molecule has 0 radical (unpaired) electrons. The SMILES string of the molecule is Cn1nccc1CCNC(=NCCc1cccs1)NCCc1ccco1. The molecule has 138 valence electrons. The molecule has 2 N–H and O–H groups in total. The Labute approximate surface area is 158 Å². The van der Waals surface area contributed by atoms with Crippen LogP contribution in [0.25, 0.3) is 0 Å². The lowest BCUT2D eigenvalue weighted by molar-refractivity contribution is 0.506. The number of aliphatic imine (C=N–C) groups is 1. The van der Waals surface area contributed by atoms with Crippen LogP contribution in [-0.4, -0.2) is 35.4 Å². The Morgan fingerprint density at radius 3 is 2.73 bits per heavy atom. The summed E-state index contributed by atoms with van der Waals surface area (Å²) < 4.78 is 7.28. The van der Waals surface area contributed by atoms with Crippen LogP contribution in [0.15, 0.2) is 57.6 Å². The smallest absolute Gasteiger partial charge is 0.191 e. The van der Waals surface area contributed by atoms with Crippen LogP contribution >= 0.6 is 11.3 Å². The Balaban J connectivity index is 1.48. The molecule has 7 heteroatoms. The van der Waals surface area contributed by atoms with Gasteiger partial charge in [0.15, 0.2) is 5.96 Å². The first-order valence-electron chi connectivity index (χ1n) is 8.85. The highest BCUT2D eigenvalue weighted by Crippen LogP contribution is 2.08. The van der Waals surface area contributed by atoms with Crippen molar-refractivity contribution in [3.63, 3.8) is 0 Å². The Morgan fingerprint density at radius 2 is 2.04 bits per heavy atom. The second-order valence-electron chi connectivity index (χ2n) is 5.94. The van der Waals surface area contributed by atoms with Crippen LogP contribution in [0.2, 0.25) is 0 Å². The molecular weight excluding hydrogens is 346 g/mol. The van der Waals surface area contributed by atoms with E-state index in [1.807, 2.05) is 36.1 Å². The van der Waals surface area contributed by atoms with Crippen molar-refractivity contribution in [3.05, 3.63) is 64.5 Å². The molecular formula is C19H25N5OS. The molecule has 0 atom stereocenters. The molecule has 3 rings (SSSR count). The highest BCUT2D eigenvalue weighted by atomic mass is 32.1. The van der Waals surface area contributed by atoms with E-state index in [1.54, 1.807) is 17.6 Å². The molecule has 0 aliphatic rings. The van der Waals surface area contributed by atoms with E-state index in [9.17, 15) is 0 Å². The van der Waals surface area contributed by atoms with Crippen molar-refractivity contribution < 1.29 is 4.42 Å². The molecule has 0 fully saturated rings. The van der Waals surface area contributed by atoms with Gasteiger partial charge in [-0.15, -0.1) is 11.3 Å². The highest BCUT2D eigenvalue weighted by molar-refractivity contribution is 7.09. The van der Waals surface area contributed by atoms with Gasteiger partial charge in [0.25, 0.3) is 0 Å². The Kier molecular flexibility index (Phi) is 6.89. The lowest BCUT2D eigenvalue weighted by atomic mass is 10.3. The minimum atomic E-state index is 0.766. The van der Waals surface area contributed by atoms with Crippen molar-refractivity contribution in [1.29, 1.82) is 0 Å². The van der Waals surface area contributed by atoms with Gasteiger partial charge in [-0.3, -0.25) is 9.67 Å². The first-order chi connectivity index (χ1) is 12.8. The molecule has 3 heterocycles. The summed E-state index contributed by atoms with van der Waals surface area (Å²) in [6, 6.07) is 10.2. The van der Waals surface area contributed by atoms with Gasteiger partial charge in [-0.05, 0) is 29.6 Å². The Hall–Kier alpha value is -2.54. The van der Waals surface area contributed by atoms with Gasteiger partial charge in [0.2, 0.25) is 0 Å². The van der Waals surface area contributed by atoms with Gasteiger partial charge in [-0.25, -0.2) is 0 Å². The van der Waals surface area contributed by atoms with E-state index in [2.05, 4.69) is 33.2 Å². The van der Waals surface area contributed by atoms with Gasteiger partial charge in [-0.1, -0.05) is 6.07 Å². The normalized spacial score (nSPS) is 11.7. The molecule has 6 nitrogen and oxygen atoms in total. The van der Waals surface area contributed by atoms with Gasteiger partial charge in [0, 0.05) is 62.7 Å². The predicted octanol–water partition coefficient (Wildman–Crippen LogP) is 2.64. The van der Waals surface area contributed by atoms with Gasteiger partial charge in [-0.2, -0.15) is 5.10 Å². The number of nitrogens with one attached hydrogen (secondary N) is 2. The number of hydrogen-bond donors (Lipinski definition) is 2. The van der Waals surface area contributed by atoms with Crippen molar-refractivity contribution >= 4 is 17.3 Å². The lowest BCUT2D eigenvalue weighted by Gasteiger charge is -2.12. The minimum Gasteiger partial charge on any atom is -0.469 e. The number of thiophene rings is 1. The monoisotopic (exact) mass is 371 g/mol. The Morgan fingerprint density at radius 1 is 1.15 bits per heavy atom. The summed E-state index contributed by atoms with van der Waals surface area (Å²) in [7, 11) is 1.97. The number of aromatic nitrogens is 2. The topological polar surface area (TPSA) is 67.4 Å². The van der Waals surface area contributed by atoms with Crippen LogP contribution in [0.4, 0.5) is 0 Å². The zero-order valence-electron chi connectivity index (χ0n) is 15.0. The van der Waals surface area contributed by atoms with Crippen LogP contribution in [0.5, 0.6) is 0 Å². The van der Waals surface area contributed by atoms with E-state index in [4.69, 9.17) is 9.41 Å². The number of furan rings is 1. The predicted molar refractivity (Wildman–Crippen MR) is 106 cm³/mol. The molecule has 0 bridgehead atoms. The first kappa shape index (κ1) is 18.3. The van der Waals surface area contributed by atoms with Crippen LogP contribution in [0.3, 0.4) is 0 Å². The van der Waals surface area contributed by atoms with Gasteiger partial charge >= 0.3 is 0 Å². The summed E-state index contributed by atoms with van der Waals surface area (Å²) in [5.41, 5.74) is 1.20. The largest absolute Gasteiger partial charge is 0.469 e. The minimum absolute atomic E-state index is 0.766. The summed E-state index contributed by atoms with van der Waals surface area (Å²) >= 11 is 1.78. The maximum atomic E-state index is 5.38. The van der Waals surface area contributed by atoms with Crippen LogP contribution in [-0.2, 0) is 26.3 Å². The van der Waals surface area contributed by atoms with Gasteiger partial charge in [0.1, 0.15) is 5.76 Å². The molecule has 0 aliphatic heterocycles. The molecule has 0 saturated heterocycles. The standard InChI is InChI=1S/C19H25N5OS/c1-24-16(7-13-23-24)6-10-20-19(21-11-8-17-4-2-14-25-17)22-12-9-18-5-3-15-26-18/h2-5,7,13-15H,6,8-12H2,1H3,(H2,20,21,22). The summed E-state index contributed by atoms with van der Waals surface area (Å²) in [6.45, 7) is 2.36. The average molecular weight is 372 g/mol. The lowest BCUT2D eigenvalue weighted by Crippen LogP contribution is -2.39. The fourth-order valence-corrected chi connectivity index (χ4v) is 3.32. The third-order valence-corrected chi connectivity index (χ3v) is 4.98. The quantitative estimate of drug-likeness (QED) is 0.448. The molecule has 0 unspecified atom stereocenters. The van der Waals surface area contributed by atoms with Crippen molar-refractivity contribution in [3.8, 4) is 0 Å². The van der Waals surface area contributed by atoms with Gasteiger partial charge < -0.3 is 15.1 Å². The molecule has 0 aliphatic carbocycles. The van der Waals surface area contributed by atoms with E-state index in [0.29, 0.717) is 0 Å². The number of guanidine groups is 1. The van der Waals surface area contributed by atoms with E-state index >= 15 is 0 Å². The summed E-state index contributed by atoms with van der Waals surface area (Å²) in [5, 5.41) is 13.1. The molecule has 0 amide bonds. The van der Waals surface area contributed by atoms with E-state index in [-0.39, 0.29) is 0 Å². The maximum Gasteiger partial charge on any atom is 0.191 e. The van der Waals surface area contributed by atoms with Crippen molar-refractivity contribution in [1.82, 2.24) is 20.4 Å². The second kappa shape index (κ2) is 9.82. The van der Waals surface area contributed by atoms with E-state index < -0.39 is 0 Å². The zero-order valence-corrected chi connectivity index (χ0v) is 15.8. The van der Waals surface area contributed by atoms with Crippen molar-refractivity contribution in [2.45, 2.75) is 19.3 Å². The fraction of sp³-hybridized carbons (Fsp3) is 0.368. The number of nitrogens with zero attached hydrogens (tertiary/aromatic N) is 3. The fourth-order valence-electron chi connectivity index (χ4n) is 2.62. The molecule has 0 spiro atoms. The molecule has 3 aromatic rings. The first-order valence-corrected chi connectivity index (χ1v) is 9.73. The number of hydrogen-bond acceptors (Lipinski definition) is 4. The molecule has 0 aromatic carbocycles. The average Bonchev–Trinajstić information content (AvgIpc) is 3.38. The maximum absolute atomic E-state index is 5.38. The second-order valence-corrected chi connectivity index (χ2v) is 6.97. The van der Waals surface area contributed by atoms with Crippen molar-refractivity contribution in [2.24, 2.45) is 12.0 Å². The molecule has 26 heavy (non-hydrogen) atoms. The van der Waals surface area contributed by atoms with Crippen molar-refractivity contribution in [2.75, 3.05) is 19.6 Å². The van der Waals surface area contributed by atoms with Crippen LogP contribution in [0.1, 0.15) is 16.3 Å². The molecule has 0 saturated carbocycles. The highest BCUT2D eigenvalue weighted by Gasteiger charge is 2.03. The van der Waals surface area contributed by atoms with Crippen LogP contribution < -0.4 is 10.6 Å². The summed E-state index contributed by atoms with van der Waals surface area (Å²) in [6.07, 6.45) is 6.23. The van der Waals surface area contributed by atoms with E-state index in [1.165, 1.54) is 10.6 Å². The summed E-state index contributed by atoms with van der Waals surface area (Å²) in [4.78, 5) is 6.07. The number of rotatable bonds is 9. The van der Waals surface area contributed by atoms with Crippen LogP contribution in [0, 0.1) is 0 Å². The summed E-state index contributed by atoms with van der Waals surface area (Å²) in [5.74, 6) is 1.82. The zero-order chi connectivity index (χ0) is 18.0. The third kappa shape index (κ3) is 5.77. The molecule has 3 aromatic heterocycles.